The molecule has 0 atom stereocenters. The maximum absolute atomic E-state index is 12.4. The summed E-state index contributed by atoms with van der Waals surface area (Å²) >= 11 is 0. The molecule has 4 rings (SSSR count). The molecule has 7 heteroatoms. The minimum Gasteiger partial charge on any atom is -0.397 e. The molecule has 2 heterocycles. The lowest BCUT2D eigenvalue weighted by Crippen LogP contribution is -2.20. The van der Waals surface area contributed by atoms with Crippen molar-refractivity contribution >= 4 is 34.9 Å². The number of nitrogens with zero attached hydrogens (tertiary/aromatic N) is 2. The van der Waals surface area contributed by atoms with Gasteiger partial charge in [0.25, 0.3) is 5.91 Å². The third-order valence-corrected chi connectivity index (χ3v) is 5.04. The minimum absolute atomic E-state index is 0.211. The van der Waals surface area contributed by atoms with Crippen molar-refractivity contribution in [1.29, 1.82) is 0 Å². The van der Waals surface area contributed by atoms with Crippen LogP contribution in [0.2, 0.25) is 0 Å². The van der Waals surface area contributed by atoms with Gasteiger partial charge in [-0.25, -0.2) is 4.98 Å². The standard InChI is InChI=1S/C25H23N5O2/c1-17-22(30-15-5-4-8-23(30)28-17)13-14-24(31)27-16-18-9-11-19(12-10-18)25(32)29-21-7-3-2-6-20(21)26/h2-15H,16,26H2,1H3,(H,27,31)(H,29,32)/b14-13+. The first kappa shape index (κ1) is 20.9. The van der Waals surface area contributed by atoms with Crippen molar-refractivity contribution in [1.82, 2.24) is 14.7 Å². The third kappa shape index (κ3) is 4.67. The molecule has 0 saturated carbocycles. The van der Waals surface area contributed by atoms with Crippen LogP contribution in [0.4, 0.5) is 11.4 Å². The molecule has 0 bridgehead atoms. The van der Waals surface area contributed by atoms with Crippen LogP contribution in [0.25, 0.3) is 11.7 Å². The largest absolute Gasteiger partial charge is 0.397 e. The Morgan fingerprint density at radius 3 is 2.56 bits per heavy atom. The van der Waals surface area contributed by atoms with Crippen LogP contribution in [-0.4, -0.2) is 21.2 Å². The number of amides is 2. The maximum atomic E-state index is 12.4. The molecule has 0 saturated heterocycles. The van der Waals surface area contributed by atoms with Gasteiger partial charge in [-0.3, -0.25) is 9.59 Å². The lowest BCUT2D eigenvalue weighted by Gasteiger charge is -2.08. The van der Waals surface area contributed by atoms with E-state index in [0.29, 0.717) is 23.5 Å². The molecule has 160 valence electrons. The number of para-hydroxylation sites is 2. The van der Waals surface area contributed by atoms with Gasteiger partial charge in [-0.1, -0.05) is 30.3 Å². The molecule has 7 nitrogen and oxygen atoms in total. The Kier molecular flexibility index (Phi) is 5.98. The molecular weight excluding hydrogens is 402 g/mol. The Morgan fingerprint density at radius 2 is 1.78 bits per heavy atom. The summed E-state index contributed by atoms with van der Waals surface area (Å²) < 4.78 is 1.94. The fraction of sp³-hybridized carbons (Fsp3) is 0.0800. The van der Waals surface area contributed by atoms with Crippen molar-refractivity contribution in [3.63, 3.8) is 0 Å². The number of aryl methyl sites for hydroxylation is 1. The zero-order chi connectivity index (χ0) is 22.5. The molecule has 0 unspecified atom stereocenters. The van der Waals surface area contributed by atoms with E-state index in [0.717, 1.165) is 22.6 Å². The number of nitrogen functional groups attached to an aromatic ring is 1. The van der Waals surface area contributed by atoms with Gasteiger partial charge >= 0.3 is 0 Å². The van der Waals surface area contributed by atoms with Crippen LogP contribution >= 0.6 is 0 Å². The fourth-order valence-electron chi connectivity index (χ4n) is 3.32. The summed E-state index contributed by atoms with van der Waals surface area (Å²) in [4.78, 5) is 29.2. The summed E-state index contributed by atoms with van der Waals surface area (Å²) in [6.45, 7) is 2.26. The van der Waals surface area contributed by atoms with Crippen LogP contribution in [0, 0.1) is 6.92 Å². The molecule has 0 spiro atoms. The van der Waals surface area contributed by atoms with E-state index in [-0.39, 0.29) is 11.8 Å². The first-order chi connectivity index (χ1) is 15.5. The van der Waals surface area contributed by atoms with Gasteiger partial charge < -0.3 is 20.8 Å². The van der Waals surface area contributed by atoms with Crippen molar-refractivity contribution in [3.05, 3.63) is 102 Å². The number of carbonyl (C=O) groups is 2. The van der Waals surface area contributed by atoms with Crippen molar-refractivity contribution in [2.45, 2.75) is 13.5 Å². The highest BCUT2D eigenvalue weighted by Gasteiger charge is 2.08. The number of pyridine rings is 1. The highest BCUT2D eigenvalue weighted by Crippen LogP contribution is 2.18. The van der Waals surface area contributed by atoms with E-state index in [1.54, 1.807) is 30.3 Å². The summed E-state index contributed by atoms with van der Waals surface area (Å²) in [7, 11) is 0. The van der Waals surface area contributed by atoms with Gasteiger partial charge in [0, 0.05) is 24.4 Å². The van der Waals surface area contributed by atoms with Gasteiger partial charge in [-0.05, 0) is 55.0 Å². The molecule has 2 aromatic heterocycles. The van der Waals surface area contributed by atoms with Gasteiger partial charge in [-0.2, -0.15) is 0 Å². The van der Waals surface area contributed by atoms with E-state index in [4.69, 9.17) is 5.73 Å². The number of fused-ring (bicyclic) bond motifs is 1. The second-order valence-corrected chi connectivity index (χ2v) is 7.30. The summed E-state index contributed by atoms with van der Waals surface area (Å²) in [6.07, 6.45) is 5.17. The first-order valence-corrected chi connectivity index (χ1v) is 10.2. The number of hydrogen-bond acceptors (Lipinski definition) is 4. The van der Waals surface area contributed by atoms with Crippen molar-refractivity contribution in [2.75, 3.05) is 11.1 Å². The zero-order valence-corrected chi connectivity index (χ0v) is 17.6. The molecule has 2 amide bonds. The molecule has 0 fully saturated rings. The van der Waals surface area contributed by atoms with Crippen LogP contribution in [0.5, 0.6) is 0 Å². The number of nitrogens with two attached hydrogens (primary N) is 1. The predicted octanol–water partition coefficient (Wildman–Crippen LogP) is 3.81. The highest BCUT2D eigenvalue weighted by molar-refractivity contribution is 6.05. The van der Waals surface area contributed by atoms with Gasteiger partial charge in [0.05, 0.1) is 22.8 Å². The van der Waals surface area contributed by atoms with Crippen LogP contribution < -0.4 is 16.4 Å². The molecule has 0 aliphatic rings. The van der Waals surface area contributed by atoms with E-state index in [9.17, 15) is 9.59 Å². The molecule has 0 aliphatic carbocycles. The van der Waals surface area contributed by atoms with Gasteiger partial charge in [0.15, 0.2) is 0 Å². The maximum Gasteiger partial charge on any atom is 0.255 e. The summed E-state index contributed by atoms with van der Waals surface area (Å²) in [6, 6.07) is 19.9. The predicted molar refractivity (Wildman–Crippen MR) is 126 cm³/mol. The van der Waals surface area contributed by atoms with Crippen LogP contribution in [0.15, 0.2) is 79.0 Å². The number of imidazole rings is 1. The normalized spacial score (nSPS) is 11.0. The third-order valence-electron chi connectivity index (χ3n) is 5.04. The van der Waals surface area contributed by atoms with E-state index < -0.39 is 0 Å². The average Bonchev–Trinajstić information content (AvgIpc) is 3.13. The molecule has 2 aromatic carbocycles. The van der Waals surface area contributed by atoms with Crippen molar-refractivity contribution < 1.29 is 9.59 Å². The summed E-state index contributed by atoms with van der Waals surface area (Å²) in [5, 5.41) is 5.65. The summed E-state index contributed by atoms with van der Waals surface area (Å²) in [5.74, 6) is -0.457. The number of hydrogen-bond donors (Lipinski definition) is 3. The Hall–Kier alpha value is -4.39. The Balaban J connectivity index is 1.34. The number of carbonyl (C=O) groups excluding carboxylic acids is 2. The monoisotopic (exact) mass is 425 g/mol. The smallest absolute Gasteiger partial charge is 0.255 e. The number of anilines is 2. The van der Waals surface area contributed by atoms with E-state index in [2.05, 4.69) is 15.6 Å². The van der Waals surface area contributed by atoms with Gasteiger partial charge in [0.1, 0.15) is 5.65 Å². The second-order valence-electron chi connectivity index (χ2n) is 7.30. The van der Waals surface area contributed by atoms with Gasteiger partial charge in [0.2, 0.25) is 5.91 Å². The SMILES string of the molecule is Cc1nc2ccccn2c1/C=C/C(=O)NCc1ccc(C(=O)Nc2ccccc2N)cc1. The Bertz CT molecular complexity index is 1310. The van der Waals surface area contributed by atoms with Crippen molar-refractivity contribution in [2.24, 2.45) is 0 Å². The van der Waals surface area contributed by atoms with E-state index in [1.165, 1.54) is 6.08 Å². The molecule has 4 aromatic rings. The molecule has 0 aliphatic heterocycles. The number of rotatable bonds is 6. The Morgan fingerprint density at radius 1 is 1.03 bits per heavy atom. The number of nitrogens with one attached hydrogen (secondary N) is 2. The first-order valence-electron chi connectivity index (χ1n) is 10.2. The molecular formula is C25H23N5O2. The lowest BCUT2D eigenvalue weighted by molar-refractivity contribution is -0.116. The fourth-order valence-corrected chi connectivity index (χ4v) is 3.32. The minimum atomic E-state index is -0.246. The van der Waals surface area contributed by atoms with Crippen LogP contribution in [-0.2, 0) is 11.3 Å². The molecule has 0 radical (unpaired) electrons. The van der Waals surface area contributed by atoms with E-state index >= 15 is 0 Å². The second kappa shape index (κ2) is 9.18. The average molecular weight is 425 g/mol. The topological polar surface area (TPSA) is 102 Å². The zero-order valence-electron chi connectivity index (χ0n) is 17.6. The highest BCUT2D eigenvalue weighted by atomic mass is 16.2. The van der Waals surface area contributed by atoms with E-state index in [1.807, 2.05) is 60.0 Å². The van der Waals surface area contributed by atoms with Gasteiger partial charge in [-0.15, -0.1) is 0 Å². The lowest BCUT2D eigenvalue weighted by atomic mass is 10.1. The summed E-state index contributed by atoms with van der Waals surface area (Å²) in [5.41, 5.74) is 10.9. The Labute approximate surface area is 185 Å². The molecule has 4 N–H and O–H groups in total. The molecule has 32 heavy (non-hydrogen) atoms. The van der Waals surface area contributed by atoms with Crippen LogP contribution in [0.1, 0.15) is 27.3 Å². The number of aromatic nitrogens is 2. The number of benzene rings is 2. The van der Waals surface area contributed by atoms with Crippen molar-refractivity contribution in [3.8, 4) is 0 Å². The quantitative estimate of drug-likeness (QED) is 0.323. The van der Waals surface area contributed by atoms with Crippen LogP contribution in [0.3, 0.4) is 0 Å².